The highest BCUT2D eigenvalue weighted by Gasteiger charge is 2.28. The van der Waals surface area contributed by atoms with E-state index in [4.69, 9.17) is 5.73 Å². The number of rotatable bonds is 10. The van der Waals surface area contributed by atoms with Gasteiger partial charge in [0.25, 0.3) is 0 Å². The van der Waals surface area contributed by atoms with Crippen LogP contribution in [0.1, 0.15) is 46.5 Å². The Bertz CT molecular complexity index is 199. The molecular formula is C12H26N2OS. The Morgan fingerprint density at radius 1 is 1.31 bits per heavy atom. The average molecular weight is 246 g/mol. The van der Waals surface area contributed by atoms with Crippen molar-refractivity contribution in [2.75, 3.05) is 18.1 Å². The first-order valence-corrected chi connectivity index (χ1v) is 7.35. The molecule has 0 bridgehead atoms. The summed E-state index contributed by atoms with van der Waals surface area (Å²) in [6.45, 7) is 6.88. The number of likely N-dealkylation sites (N-methyl/N-ethyl adjacent to an activating group) is 1. The molecule has 0 rings (SSSR count). The van der Waals surface area contributed by atoms with Crippen LogP contribution in [0, 0.1) is 0 Å². The molecule has 0 aromatic carbocycles. The first-order valence-electron chi connectivity index (χ1n) is 6.19. The predicted molar refractivity (Wildman–Crippen MR) is 72.7 cm³/mol. The van der Waals surface area contributed by atoms with Crippen LogP contribution in [0.15, 0.2) is 0 Å². The van der Waals surface area contributed by atoms with Gasteiger partial charge in [-0.25, -0.2) is 0 Å². The third-order valence-electron chi connectivity index (χ3n) is 2.72. The molecule has 3 nitrogen and oxygen atoms in total. The fourth-order valence-electron chi connectivity index (χ4n) is 1.57. The number of unbranched alkanes of at least 4 members (excludes halogenated alkanes) is 1. The molecule has 0 saturated heterocycles. The summed E-state index contributed by atoms with van der Waals surface area (Å²) >= 11 is 1.97. The highest BCUT2D eigenvalue weighted by atomic mass is 32.2. The number of nitrogens with one attached hydrogen (secondary N) is 1. The minimum absolute atomic E-state index is 0.243. The van der Waals surface area contributed by atoms with Gasteiger partial charge in [0.1, 0.15) is 0 Å². The van der Waals surface area contributed by atoms with Crippen molar-refractivity contribution in [1.82, 2.24) is 5.32 Å². The third kappa shape index (κ3) is 6.38. The maximum atomic E-state index is 11.3. The molecule has 0 aliphatic rings. The maximum Gasteiger partial charge on any atom is 0.237 e. The van der Waals surface area contributed by atoms with E-state index in [1.165, 1.54) is 18.6 Å². The SMILES string of the molecule is CCCCSCCCC(C)(NCC)C(N)=O. The summed E-state index contributed by atoms with van der Waals surface area (Å²) in [7, 11) is 0. The van der Waals surface area contributed by atoms with Gasteiger partial charge in [0.2, 0.25) is 5.91 Å². The molecule has 1 unspecified atom stereocenters. The molecule has 16 heavy (non-hydrogen) atoms. The van der Waals surface area contributed by atoms with E-state index >= 15 is 0 Å². The van der Waals surface area contributed by atoms with Gasteiger partial charge >= 0.3 is 0 Å². The van der Waals surface area contributed by atoms with Crippen LogP contribution in [0.5, 0.6) is 0 Å². The number of primary amides is 1. The molecule has 0 aliphatic carbocycles. The van der Waals surface area contributed by atoms with Gasteiger partial charge in [0, 0.05) is 0 Å². The third-order valence-corrected chi connectivity index (χ3v) is 3.87. The van der Waals surface area contributed by atoms with E-state index in [1.54, 1.807) is 0 Å². The van der Waals surface area contributed by atoms with Crippen molar-refractivity contribution < 1.29 is 4.79 Å². The van der Waals surface area contributed by atoms with Gasteiger partial charge in [0.05, 0.1) is 5.54 Å². The Balaban J connectivity index is 3.73. The van der Waals surface area contributed by atoms with Crippen LogP contribution in [0.3, 0.4) is 0 Å². The molecule has 1 amide bonds. The largest absolute Gasteiger partial charge is 0.368 e. The molecule has 0 aliphatic heterocycles. The predicted octanol–water partition coefficient (Wildman–Crippen LogP) is 2.15. The Morgan fingerprint density at radius 2 is 1.94 bits per heavy atom. The fraction of sp³-hybridized carbons (Fsp3) is 0.917. The molecular weight excluding hydrogens is 220 g/mol. The molecule has 4 heteroatoms. The lowest BCUT2D eigenvalue weighted by Crippen LogP contribution is -2.53. The number of nitrogens with two attached hydrogens (primary N) is 1. The van der Waals surface area contributed by atoms with Gasteiger partial charge in [-0.2, -0.15) is 11.8 Å². The normalized spacial score (nSPS) is 14.7. The lowest BCUT2D eigenvalue weighted by molar-refractivity contribution is -0.124. The molecule has 0 radical (unpaired) electrons. The van der Waals surface area contributed by atoms with Gasteiger partial charge in [0.15, 0.2) is 0 Å². The molecule has 0 saturated carbocycles. The van der Waals surface area contributed by atoms with E-state index < -0.39 is 5.54 Å². The highest BCUT2D eigenvalue weighted by Crippen LogP contribution is 2.15. The second kappa shape index (κ2) is 8.88. The Hall–Kier alpha value is -0.220. The smallest absolute Gasteiger partial charge is 0.237 e. The van der Waals surface area contributed by atoms with Crippen molar-refractivity contribution in [2.24, 2.45) is 5.73 Å². The number of amides is 1. The van der Waals surface area contributed by atoms with Crippen molar-refractivity contribution in [3.8, 4) is 0 Å². The number of thioether (sulfide) groups is 1. The van der Waals surface area contributed by atoms with Crippen LogP contribution in [-0.4, -0.2) is 29.5 Å². The van der Waals surface area contributed by atoms with Gasteiger partial charge in [-0.05, 0) is 44.2 Å². The van der Waals surface area contributed by atoms with Crippen molar-refractivity contribution in [3.63, 3.8) is 0 Å². The summed E-state index contributed by atoms with van der Waals surface area (Å²) in [5.74, 6) is 2.10. The zero-order chi connectivity index (χ0) is 12.4. The van der Waals surface area contributed by atoms with E-state index in [0.29, 0.717) is 0 Å². The van der Waals surface area contributed by atoms with E-state index in [1.807, 2.05) is 25.6 Å². The summed E-state index contributed by atoms with van der Waals surface area (Å²) < 4.78 is 0. The van der Waals surface area contributed by atoms with E-state index in [0.717, 1.165) is 25.1 Å². The zero-order valence-corrected chi connectivity index (χ0v) is 11.7. The highest BCUT2D eigenvalue weighted by molar-refractivity contribution is 7.99. The van der Waals surface area contributed by atoms with Gasteiger partial charge < -0.3 is 11.1 Å². The quantitative estimate of drug-likeness (QED) is 0.581. The number of carbonyl (C=O) groups is 1. The summed E-state index contributed by atoms with van der Waals surface area (Å²) in [6, 6.07) is 0. The van der Waals surface area contributed by atoms with Crippen molar-refractivity contribution in [1.29, 1.82) is 0 Å². The average Bonchev–Trinajstić information content (AvgIpc) is 2.23. The maximum absolute atomic E-state index is 11.3. The first-order chi connectivity index (χ1) is 7.56. The Labute approximate surface area is 104 Å². The molecule has 0 aromatic heterocycles. The molecule has 0 fully saturated rings. The first kappa shape index (κ1) is 15.8. The molecule has 0 aromatic rings. The van der Waals surface area contributed by atoms with Crippen LogP contribution in [0.25, 0.3) is 0 Å². The molecule has 0 spiro atoms. The summed E-state index contributed by atoms with van der Waals surface area (Å²) in [4.78, 5) is 11.3. The molecule has 0 heterocycles. The Kier molecular flexibility index (Phi) is 8.76. The van der Waals surface area contributed by atoms with Crippen LogP contribution >= 0.6 is 11.8 Å². The monoisotopic (exact) mass is 246 g/mol. The Morgan fingerprint density at radius 3 is 2.44 bits per heavy atom. The second-order valence-electron chi connectivity index (χ2n) is 4.30. The number of carbonyl (C=O) groups excluding carboxylic acids is 1. The van der Waals surface area contributed by atoms with E-state index in [2.05, 4.69) is 12.2 Å². The summed E-state index contributed by atoms with van der Waals surface area (Å²) in [5.41, 5.74) is 4.88. The van der Waals surface area contributed by atoms with Crippen LogP contribution in [0.4, 0.5) is 0 Å². The second-order valence-corrected chi connectivity index (χ2v) is 5.52. The van der Waals surface area contributed by atoms with Crippen LogP contribution in [-0.2, 0) is 4.79 Å². The van der Waals surface area contributed by atoms with Crippen LogP contribution < -0.4 is 11.1 Å². The van der Waals surface area contributed by atoms with Crippen LogP contribution in [0.2, 0.25) is 0 Å². The van der Waals surface area contributed by atoms with E-state index in [-0.39, 0.29) is 5.91 Å². The number of hydrogen-bond acceptors (Lipinski definition) is 3. The zero-order valence-electron chi connectivity index (χ0n) is 10.8. The summed E-state index contributed by atoms with van der Waals surface area (Å²) in [5, 5.41) is 3.18. The topological polar surface area (TPSA) is 55.1 Å². The summed E-state index contributed by atoms with van der Waals surface area (Å²) in [6.07, 6.45) is 4.41. The lowest BCUT2D eigenvalue weighted by Gasteiger charge is -2.26. The van der Waals surface area contributed by atoms with Crippen molar-refractivity contribution in [3.05, 3.63) is 0 Å². The number of hydrogen-bond donors (Lipinski definition) is 2. The van der Waals surface area contributed by atoms with Gasteiger partial charge in [-0.3, -0.25) is 4.79 Å². The molecule has 96 valence electrons. The minimum atomic E-state index is -0.528. The van der Waals surface area contributed by atoms with Crippen molar-refractivity contribution in [2.45, 2.75) is 52.0 Å². The minimum Gasteiger partial charge on any atom is -0.368 e. The van der Waals surface area contributed by atoms with Gasteiger partial charge in [-0.15, -0.1) is 0 Å². The van der Waals surface area contributed by atoms with Gasteiger partial charge in [-0.1, -0.05) is 20.3 Å². The fourth-order valence-corrected chi connectivity index (χ4v) is 2.61. The lowest BCUT2D eigenvalue weighted by atomic mass is 9.95. The molecule has 1 atom stereocenters. The van der Waals surface area contributed by atoms with Crippen molar-refractivity contribution >= 4 is 17.7 Å². The molecule has 3 N–H and O–H groups in total. The van der Waals surface area contributed by atoms with E-state index in [9.17, 15) is 4.79 Å². The standard InChI is InChI=1S/C12H26N2OS/c1-4-6-9-16-10-7-8-12(3,11(13)15)14-5-2/h14H,4-10H2,1-3H3,(H2,13,15).